The molecule has 1 aromatic heterocycles. The largest absolute Gasteiger partial charge is 0.491 e. The molecular weight excluding hydrogens is 282 g/mol. The van der Waals surface area contributed by atoms with Crippen LogP contribution >= 0.6 is 0 Å². The third-order valence-corrected chi connectivity index (χ3v) is 3.51. The molecule has 2 heterocycles. The lowest BCUT2D eigenvalue weighted by Crippen LogP contribution is -2.17. The quantitative estimate of drug-likeness (QED) is 0.919. The number of hydrogen-bond acceptors (Lipinski definition) is 4. The summed E-state index contributed by atoms with van der Waals surface area (Å²) >= 11 is 0. The molecule has 2 aromatic rings. The molecule has 1 aliphatic heterocycles. The Kier molecular flexibility index (Phi) is 4.39. The predicted molar refractivity (Wildman–Crippen MR) is 82.1 cm³/mol. The van der Waals surface area contributed by atoms with E-state index in [2.05, 4.69) is 10.4 Å². The third-order valence-electron chi connectivity index (χ3n) is 3.51. The van der Waals surface area contributed by atoms with Crippen molar-refractivity contribution in [1.82, 2.24) is 9.78 Å². The first-order valence-corrected chi connectivity index (χ1v) is 7.36. The average molecular weight is 301 g/mol. The summed E-state index contributed by atoms with van der Waals surface area (Å²) in [5, 5.41) is 6.88. The maximum absolute atomic E-state index is 12.2. The molecule has 1 saturated heterocycles. The van der Waals surface area contributed by atoms with Crippen LogP contribution in [-0.2, 0) is 11.8 Å². The van der Waals surface area contributed by atoms with Gasteiger partial charge in [0, 0.05) is 31.5 Å². The number of hydrogen-bond donors (Lipinski definition) is 1. The SMILES string of the molecule is Cn1ccc(NC(=O)c2cccc(OCC3CCCO3)c2)n1. The Morgan fingerprint density at radius 1 is 1.50 bits per heavy atom. The zero-order valence-corrected chi connectivity index (χ0v) is 12.5. The summed E-state index contributed by atoms with van der Waals surface area (Å²) in [6.07, 6.45) is 4.04. The Labute approximate surface area is 129 Å². The van der Waals surface area contributed by atoms with E-state index in [1.807, 2.05) is 6.07 Å². The van der Waals surface area contributed by atoms with Crippen molar-refractivity contribution in [3.8, 4) is 5.75 Å². The summed E-state index contributed by atoms with van der Waals surface area (Å²) in [5.74, 6) is 0.989. The second-order valence-corrected chi connectivity index (χ2v) is 5.30. The highest BCUT2D eigenvalue weighted by Gasteiger charge is 2.16. The van der Waals surface area contributed by atoms with Crippen molar-refractivity contribution < 1.29 is 14.3 Å². The standard InChI is InChI=1S/C16H19N3O3/c1-19-8-7-15(18-19)17-16(20)12-4-2-5-13(10-12)22-11-14-6-3-9-21-14/h2,4-5,7-8,10,14H,3,6,9,11H2,1H3,(H,17,18,20). The molecule has 1 amide bonds. The van der Waals surface area contributed by atoms with Gasteiger partial charge in [0.1, 0.15) is 12.4 Å². The molecule has 0 radical (unpaired) electrons. The lowest BCUT2D eigenvalue weighted by Gasteiger charge is -2.12. The first-order chi connectivity index (χ1) is 10.7. The van der Waals surface area contributed by atoms with E-state index in [1.54, 1.807) is 42.2 Å². The number of benzene rings is 1. The average Bonchev–Trinajstić information content (AvgIpc) is 3.17. The molecule has 0 bridgehead atoms. The first-order valence-electron chi connectivity index (χ1n) is 7.36. The summed E-state index contributed by atoms with van der Waals surface area (Å²) < 4.78 is 12.9. The second-order valence-electron chi connectivity index (χ2n) is 5.30. The van der Waals surface area contributed by atoms with Gasteiger partial charge in [-0.2, -0.15) is 5.10 Å². The summed E-state index contributed by atoms with van der Waals surface area (Å²) in [4.78, 5) is 12.2. The van der Waals surface area contributed by atoms with E-state index in [-0.39, 0.29) is 12.0 Å². The number of nitrogens with one attached hydrogen (secondary N) is 1. The van der Waals surface area contributed by atoms with E-state index in [9.17, 15) is 4.79 Å². The Bertz CT molecular complexity index is 648. The van der Waals surface area contributed by atoms with Gasteiger partial charge in [0.25, 0.3) is 5.91 Å². The van der Waals surface area contributed by atoms with Crippen LogP contribution in [0.2, 0.25) is 0 Å². The molecule has 1 N–H and O–H groups in total. The van der Waals surface area contributed by atoms with Crippen molar-refractivity contribution in [2.45, 2.75) is 18.9 Å². The van der Waals surface area contributed by atoms with Crippen LogP contribution in [0.25, 0.3) is 0 Å². The number of rotatable bonds is 5. The Morgan fingerprint density at radius 3 is 3.14 bits per heavy atom. The lowest BCUT2D eigenvalue weighted by molar-refractivity contribution is 0.0679. The van der Waals surface area contributed by atoms with Gasteiger partial charge in [-0.15, -0.1) is 0 Å². The molecule has 6 nitrogen and oxygen atoms in total. The summed E-state index contributed by atoms with van der Waals surface area (Å²) in [5.41, 5.74) is 0.537. The zero-order valence-electron chi connectivity index (χ0n) is 12.5. The summed E-state index contributed by atoms with van der Waals surface area (Å²) in [6, 6.07) is 8.87. The van der Waals surface area contributed by atoms with Crippen molar-refractivity contribution in [1.29, 1.82) is 0 Å². The molecule has 22 heavy (non-hydrogen) atoms. The lowest BCUT2D eigenvalue weighted by atomic mass is 10.2. The third kappa shape index (κ3) is 3.65. The van der Waals surface area contributed by atoms with Crippen LogP contribution in [-0.4, -0.2) is 35.0 Å². The molecule has 1 atom stereocenters. The molecule has 1 aliphatic rings. The number of amides is 1. The highest BCUT2D eigenvalue weighted by atomic mass is 16.5. The molecule has 0 aliphatic carbocycles. The van der Waals surface area contributed by atoms with Crippen molar-refractivity contribution >= 4 is 11.7 Å². The van der Waals surface area contributed by atoms with E-state index < -0.39 is 0 Å². The fraction of sp³-hybridized carbons (Fsp3) is 0.375. The fourth-order valence-electron chi connectivity index (χ4n) is 2.36. The summed E-state index contributed by atoms with van der Waals surface area (Å²) in [7, 11) is 1.80. The van der Waals surface area contributed by atoms with E-state index in [0.29, 0.717) is 23.7 Å². The van der Waals surface area contributed by atoms with Gasteiger partial charge in [0.2, 0.25) is 0 Å². The minimum Gasteiger partial charge on any atom is -0.491 e. The minimum absolute atomic E-state index is 0.158. The van der Waals surface area contributed by atoms with Crippen LogP contribution in [0.15, 0.2) is 36.5 Å². The zero-order chi connectivity index (χ0) is 15.4. The molecule has 3 rings (SSSR count). The van der Waals surface area contributed by atoms with Crippen LogP contribution in [0.4, 0.5) is 5.82 Å². The van der Waals surface area contributed by atoms with Gasteiger partial charge in [-0.3, -0.25) is 9.48 Å². The molecule has 116 valence electrons. The normalized spacial score (nSPS) is 17.4. The van der Waals surface area contributed by atoms with Crippen molar-refractivity contribution in [2.24, 2.45) is 7.05 Å². The Morgan fingerprint density at radius 2 is 2.41 bits per heavy atom. The van der Waals surface area contributed by atoms with E-state index in [1.165, 1.54) is 0 Å². The first kappa shape index (κ1) is 14.6. The molecule has 6 heteroatoms. The smallest absolute Gasteiger partial charge is 0.256 e. The summed E-state index contributed by atoms with van der Waals surface area (Å²) in [6.45, 7) is 1.33. The van der Waals surface area contributed by atoms with Crippen molar-refractivity contribution in [3.05, 3.63) is 42.1 Å². The molecule has 1 unspecified atom stereocenters. The number of ether oxygens (including phenoxy) is 2. The molecule has 0 saturated carbocycles. The Hall–Kier alpha value is -2.34. The maximum Gasteiger partial charge on any atom is 0.256 e. The highest BCUT2D eigenvalue weighted by molar-refractivity contribution is 6.03. The number of aromatic nitrogens is 2. The topological polar surface area (TPSA) is 65.4 Å². The van der Waals surface area contributed by atoms with Crippen molar-refractivity contribution in [2.75, 3.05) is 18.5 Å². The van der Waals surface area contributed by atoms with Crippen LogP contribution < -0.4 is 10.1 Å². The molecule has 1 fully saturated rings. The van der Waals surface area contributed by atoms with E-state index >= 15 is 0 Å². The molecule has 0 spiro atoms. The van der Waals surface area contributed by atoms with Crippen LogP contribution in [0, 0.1) is 0 Å². The number of carbonyl (C=O) groups is 1. The van der Waals surface area contributed by atoms with E-state index in [0.717, 1.165) is 19.4 Å². The predicted octanol–water partition coefficient (Wildman–Crippen LogP) is 2.23. The second kappa shape index (κ2) is 6.62. The number of aryl methyl sites for hydroxylation is 1. The monoisotopic (exact) mass is 301 g/mol. The van der Waals surface area contributed by atoms with Gasteiger partial charge in [0.05, 0.1) is 6.10 Å². The van der Waals surface area contributed by atoms with Gasteiger partial charge in [-0.25, -0.2) is 0 Å². The van der Waals surface area contributed by atoms with E-state index in [4.69, 9.17) is 9.47 Å². The minimum atomic E-state index is -0.207. The van der Waals surface area contributed by atoms with Gasteiger partial charge in [-0.05, 0) is 31.0 Å². The van der Waals surface area contributed by atoms with Crippen molar-refractivity contribution in [3.63, 3.8) is 0 Å². The van der Waals surface area contributed by atoms with Crippen LogP contribution in [0.1, 0.15) is 23.2 Å². The van der Waals surface area contributed by atoms with Gasteiger partial charge in [-0.1, -0.05) is 6.07 Å². The van der Waals surface area contributed by atoms with Gasteiger partial charge in [0.15, 0.2) is 5.82 Å². The Balaban J connectivity index is 1.61. The number of nitrogens with zero attached hydrogens (tertiary/aromatic N) is 2. The molecule has 1 aromatic carbocycles. The van der Waals surface area contributed by atoms with Gasteiger partial charge < -0.3 is 14.8 Å². The van der Waals surface area contributed by atoms with Crippen LogP contribution in [0.3, 0.4) is 0 Å². The number of anilines is 1. The fourth-order valence-corrected chi connectivity index (χ4v) is 2.36. The molecular formula is C16H19N3O3. The number of carbonyl (C=O) groups excluding carboxylic acids is 1. The highest BCUT2D eigenvalue weighted by Crippen LogP contribution is 2.18. The van der Waals surface area contributed by atoms with Crippen LogP contribution in [0.5, 0.6) is 5.75 Å². The van der Waals surface area contributed by atoms with Gasteiger partial charge >= 0.3 is 0 Å². The maximum atomic E-state index is 12.2.